The Hall–Kier alpha value is -11.7. The van der Waals surface area contributed by atoms with E-state index in [2.05, 4.69) is 88.0 Å². The second kappa shape index (κ2) is 17.0. The Balaban J connectivity index is 1.25. The van der Waals surface area contributed by atoms with E-state index in [4.69, 9.17) is 24.4 Å². The van der Waals surface area contributed by atoms with E-state index in [-0.39, 0.29) is 45.0 Å². The Kier molecular flexibility index (Phi) is 9.81. The summed E-state index contributed by atoms with van der Waals surface area (Å²) in [5, 5.41) is 66.2. The molecule has 0 aliphatic carbocycles. The van der Waals surface area contributed by atoms with Crippen LogP contribution in [0.15, 0.2) is 175 Å². The van der Waals surface area contributed by atoms with Crippen LogP contribution in [0.5, 0.6) is 0 Å². The van der Waals surface area contributed by atoms with Gasteiger partial charge in [0.05, 0.1) is 109 Å². The number of rotatable bonds is 6. The van der Waals surface area contributed by atoms with Crippen molar-refractivity contribution >= 4 is 65.6 Å². The Labute approximate surface area is 425 Å². The van der Waals surface area contributed by atoms with Crippen LogP contribution in [-0.4, -0.2) is 29.1 Å². The average molecular weight is 957 g/mol. The van der Waals surface area contributed by atoms with E-state index >= 15 is 0 Å². The first-order valence-electron chi connectivity index (χ1n) is 23.4. The van der Waals surface area contributed by atoms with Gasteiger partial charge in [-0.3, -0.25) is 0 Å². The molecule has 75 heavy (non-hydrogen) atoms. The Bertz CT molecular complexity index is 4730. The molecule has 0 spiro atoms. The molecular formula is C62H28N12O. The Morgan fingerprint density at radius 1 is 0.360 bits per heavy atom. The third kappa shape index (κ3) is 6.45. The van der Waals surface area contributed by atoms with Gasteiger partial charge in [0.25, 0.3) is 0 Å². The van der Waals surface area contributed by atoms with Gasteiger partial charge in [-0.1, -0.05) is 91.0 Å². The lowest BCUT2D eigenvalue weighted by atomic mass is 9.93. The van der Waals surface area contributed by atoms with Crippen molar-refractivity contribution in [2.75, 3.05) is 0 Å². The van der Waals surface area contributed by atoms with Crippen molar-refractivity contribution in [1.29, 1.82) is 31.6 Å². The summed E-state index contributed by atoms with van der Waals surface area (Å²) in [6, 6.07) is 58.9. The van der Waals surface area contributed by atoms with Crippen molar-refractivity contribution in [3.8, 4) is 92.8 Å². The summed E-state index contributed by atoms with van der Waals surface area (Å²) in [6.45, 7) is 0. The van der Waals surface area contributed by atoms with E-state index in [1.165, 1.54) is 24.3 Å². The molecule has 13 nitrogen and oxygen atoms in total. The molecule has 0 bridgehead atoms. The minimum atomic E-state index is 0.121. The molecule has 0 aliphatic rings. The van der Waals surface area contributed by atoms with Gasteiger partial charge < -0.3 is 13.6 Å². The fourth-order valence-corrected chi connectivity index (χ4v) is 10.7. The lowest BCUT2D eigenvalue weighted by Crippen LogP contribution is -2.09. The van der Waals surface area contributed by atoms with Gasteiger partial charge in [0.15, 0.2) is 17.2 Å². The van der Waals surface area contributed by atoms with Crippen LogP contribution in [0.3, 0.4) is 0 Å². The van der Waals surface area contributed by atoms with Crippen molar-refractivity contribution < 1.29 is 4.42 Å². The smallest absolute Gasteiger partial charge is 0.163 e. The number of aromatic nitrogens is 6. The molecule has 13 rings (SSSR count). The Morgan fingerprint density at radius 3 is 1.09 bits per heavy atom. The van der Waals surface area contributed by atoms with Crippen LogP contribution >= 0.6 is 0 Å². The first kappa shape index (κ1) is 43.3. The molecule has 13 heteroatoms. The van der Waals surface area contributed by atoms with Gasteiger partial charge in [-0.05, 0) is 54.6 Å². The maximum atomic E-state index is 10.4. The van der Waals surface area contributed by atoms with Crippen LogP contribution < -0.4 is 0 Å². The van der Waals surface area contributed by atoms with Crippen molar-refractivity contribution in [3.05, 3.63) is 204 Å². The zero-order valence-corrected chi connectivity index (χ0v) is 38.9. The molecule has 13 aromatic rings. The van der Waals surface area contributed by atoms with Crippen molar-refractivity contribution in [3.63, 3.8) is 0 Å². The molecule has 0 fully saturated rings. The third-order valence-electron chi connectivity index (χ3n) is 13.7. The number of hydrogen-bond acceptors (Lipinski definition) is 11. The molecule has 0 atom stereocenters. The van der Waals surface area contributed by atoms with Crippen molar-refractivity contribution in [2.45, 2.75) is 0 Å². The third-order valence-corrected chi connectivity index (χ3v) is 13.7. The second-order valence-corrected chi connectivity index (χ2v) is 17.6. The summed E-state index contributed by atoms with van der Waals surface area (Å²) in [6.07, 6.45) is 6.33. The van der Waals surface area contributed by atoms with Crippen LogP contribution in [0.4, 0.5) is 0 Å². The van der Waals surface area contributed by atoms with Crippen LogP contribution in [0.2, 0.25) is 0 Å². The predicted molar refractivity (Wildman–Crippen MR) is 284 cm³/mol. The summed E-state index contributed by atoms with van der Waals surface area (Å²) in [4.78, 5) is 20.7. The second-order valence-electron chi connectivity index (χ2n) is 17.6. The molecule has 0 unspecified atom stereocenters. The number of nitriles is 6. The van der Waals surface area contributed by atoms with E-state index in [1.54, 1.807) is 24.8 Å². The van der Waals surface area contributed by atoms with Gasteiger partial charge >= 0.3 is 0 Å². The quantitative estimate of drug-likeness (QED) is 0.153. The topological polar surface area (TPSA) is 217 Å². The van der Waals surface area contributed by atoms with Crippen LogP contribution in [0, 0.1) is 68.0 Å². The molecule has 0 N–H and O–H groups in total. The maximum absolute atomic E-state index is 10.4. The highest BCUT2D eigenvalue weighted by Gasteiger charge is 2.34. The zero-order chi connectivity index (χ0) is 50.9. The SMILES string of the molecule is N#Cc1cc(C#N)c(-c2cnc(-c3c(-n4c5ccccc5c5ccccc54)c(-c4ncc(-c5c(C#N)cc(C#N)cc5C#N)cn4)c4c(oc5ccccc54)c3-n3c4ccccc4c4ccccc43)nc2)c(C#N)c1. The van der Waals surface area contributed by atoms with E-state index in [9.17, 15) is 31.6 Å². The lowest BCUT2D eigenvalue weighted by molar-refractivity contribution is 0.666. The summed E-state index contributed by atoms with van der Waals surface area (Å²) in [5.41, 5.74) is 8.94. The molecule has 0 aliphatic heterocycles. The Morgan fingerprint density at radius 2 is 0.707 bits per heavy atom. The summed E-state index contributed by atoms with van der Waals surface area (Å²) < 4.78 is 11.6. The van der Waals surface area contributed by atoms with Crippen LogP contribution in [0.1, 0.15) is 33.4 Å². The molecule has 0 amide bonds. The van der Waals surface area contributed by atoms with Gasteiger partial charge in [0.1, 0.15) is 11.3 Å². The maximum Gasteiger partial charge on any atom is 0.163 e. The van der Waals surface area contributed by atoms with Gasteiger partial charge in [-0.2, -0.15) is 31.6 Å². The fourth-order valence-electron chi connectivity index (χ4n) is 10.7. The van der Waals surface area contributed by atoms with E-state index in [0.717, 1.165) is 49.0 Å². The number of nitrogens with zero attached hydrogens (tertiary/aromatic N) is 12. The number of fused-ring (bicyclic) bond motifs is 9. The monoisotopic (exact) mass is 956 g/mol. The first-order chi connectivity index (χ1) is 37.0. The van der Waals surface area contributed by atoms with E-state index in [1.807, 2.05) is 78.9 Å². The van der Waals surface area contributed by atoms with Gasteiger partial charge in [-0.15, -0.1) is 0 Å². The van der Waals surface area contributed by atoms with Gasteiger partial charge in [0, 0.05) is 79.4 Å². The van der Waals surface area contributed by atoms with Crippen LogP contribution in [-0.2, 0) is 0 Å². The molecule has 0 radical (unpaired) electrons. The minimum absolute atomic E-state index is 0.121. The molecule has 5 heterocycles. The summed E-state index contributed by atoms with van der Waals surface area (Å²) in [7, 11) is 0. The normalized spacial score (nSPS) is 11.1. The highest BCUT2D eigenvalue weighted by atomic mass is 16.3. The molecular weight excluding hydrogens is 929 g/mol. The van der Waals surface area contributed by atoms with Crippen molar-refractivity contribution in [1.82, 2.24) is 29.1 Å². The first-order valence-corrected chi connectivity index (χ1v) is 23.4. The number of para-hydroxylation sites is 5. The van der Waals surface area contributed by atoms with Gasteiger partial charge in [0.2, 0.25) is 0 Å². The van der Waals surface area contributed by atoms with E-state index < -0.39 is 0 Å². The number of furan rings is 1. The predicted octanol–water partition coefficient (Wildman–Crippen LogP) is 13.3. The van der Waals surface area contributed by atoms with E-state index in [0.29, 0.717) is 61.3 Å². The van der Waals surface area contributed by atoms with Crippen molar-refractivity contribution in [2.24, 2.45) is 0 Å². The lowest BCUT2D eigenvalue weighted by Gasteiger charge is -2.23. The molecule has 5 aromatic heterocycles. The summed E-state index contributed by atoms with van der Waals surface area (Å²) >= 11 is 0. The highest BCUT2D eigenvalue weighted by Crippen LogP contribution is 2.52. The molecule has 8 aromatic carbocycles. The molecule has 0 saturated heterocycles. The largest absolute Gasteiger partial charge is 0.454 e. The standard InChI is InChI=1S/C62H28N12O/c63-25-35-21-37(27-65)53(38(22-35)28-66)41-31-69-61(70-32-41)56-55-47-15-5-10-20-52(47)75-60(55)59(74-50-18-8-3-13-45(50)46-14-4-9-19-51(46)74)57(58(56)73-48-16-6-1-11-43(48)44-12-2-7-17-49(44)73)62-71-33-42(34-72-62)54-39(29-67)23-36(26-64)24-40(54)30-68/h1-24,31-34H. The average Bonchev–Trinajstić information content (AvgIpc) is 4.28. The van der Waals surface area contributed by atoms with Crippen LogP contribution in [0.25, 0.3) is 122 Å². The fraction of sp³-hybridized carbons (Fsp3) is 0. The van der Waals surface area contributed by atoms with Gasteiger partial charge in [-0.25, -0.2) is 19.9 Å². The highest BCUT2D eigenvalue weighted by molar-refractivity contribution is 6.22. The zero-order valence-electron chi connectivity index (χ0n) is 38.9. The molecule has 0 saturated carbocycles. The number of hydrogen-bond donors (Lipinski definition) is 0. The molecule has 342 valence electrons. The number of benzene rings is 8. The minimum Gasteiger partial charge on any atom is -0.454 e. The summed E-state index contributed by atoms with van der Waals surface area (Å²) in [5.74, 6) is 0.507.